The van der Waals surface area contributed by atoms with Gasteiger partial charge in [-0.15, -0.1) is 0 Å². The summed E-state index contributed by atoms with van der Waals surface area (Å²) in [6, 6.07) is 6.58. The molecule has 0 aromatic heterocycles. The maximum atomic E-state index is 12.1. The molecule has 126 valence electrons. The van der Waals surface area contributed by atoms with Crippen LogP contribution in [0.2, 0.25) is 0 Å². The SMILES string of the molecule is O=C(COCCc1cccc2c1CCCC2)N1CCC(O)CC1. The van der Waals surface area contributed by atoms with E-state index in [4.69, 9.17) is 4.74 Å². The van der Waals surface area contributed by atoms with Gasteiger partial charge in [0.25, 0.3) is 0 Å². The topological polar surface area (TPSA) is 49.8 Å². The van der Waals surface area contributed by atoms with E-state index in [1.54, 1.807) is 4.90 Å². The van der Waals surface area contributed by atoms with Gasteiger partial charge in [0.05, 0.1) is 12.7 Å². The number of aliphatic hydroxyl groups excluding tert-OH is 1. The summed E-state index contributed by atoms with van der Waals surface area (Å²) in [6.45, 7) is 2.05. The van der Waals surface area contributed by atoms with Gasteiger partial charge >= 0.3 is 0 Å². The van der Waals surface area contributed by atoms with Crippen LogP contribution in [0.5, 0.6) is 0 Å². The minimum absolute atomic E-state index is 0.0481. The van der Waals surface area contributed by atoms with E-state index in [0.29, 0.717) is 32.5 Å². The number of carbonyl (C=O) groups is 1. The van der Waals surface area contributed by atoms with Crippen molar-refractivity contribution in [1.82, 2.24) is 4.90 Å². The Bertz CT molecular complexity index is 535. The van der Waals surface area contributed by atoms with E-state index in [2.05, 4.69) is 18.2 Å². The lowest BCUT2D eigenvalue weighted by Crippen LogP contribution is -2.41. The van der Waals surface area contributed by atoms with Crippen LogP contribution < -0.4 is 0 Å². The quantitative estimate of drug-likeness (QED) is 0.846. The van der Waals surface area contributed by atoms with Crippen molar-refractivity contribution in [3.05, 3.63) is 34.9 Å². The molecule has 1 N–H and O–H groups in total. The van der Waals surface area contributed by atoms with Crippen molar-refractivity contribution < 1.29 is 14.6 Å². The normalized spacial score (nSPS) is 18.7. The van der Waals surface area contributed by atoms with E-state index in [9.17, 15) is 9.90 Å². The number of aryl methyl sites for hydroxylation is 1. The zero-order valence-electron chi connectivity index (χ0n) is 13.8. The van der Waals surface area contributed by atoms with Gasteiger partial charge in [0.2, 0.25) is 5.91 Å². The van der Waals surface area contributed by atoms with Gasteiger partial charge in [-0.3, -0.25) is 4.79 Å². The number of benzene rings is 1. The summed E-state index contributed by atoms with van der Waals surface area (Å²) in [5, 5.41) is 9.48. The van der Waals surface area contributed by atoms with Crippen molar-refractivity contribution in [2.45, 2.75) is 51.0 Å². The Morgan fingerprint density at radius 2 is 2.00 bits per heavy atom. The summed E-state index contributed by atoms with van der Waals surface area (Å²) in [5.41, 5.74) is 4.39. The third-order valence-electron chi connectivity index (χ3n) is 5.05. The van der Waals surface area contributed by atoms with Gasteiger partial charge in [0, 0.05) is 13.1 Å². The van der Waals surface area contributed by atoms with E-state index in [0.717, 1.165) is 6.42 Å². The van der Waals surface area contributed by atoms with Gasteiger partial charge in [0.15, 0.2) is 0 Å². The van der Waals surface area contributed by atoms with E-state index >= 15 is 0 Å². The predicted molar refractivity (Wildman–Crippen MR) is 89.4 cm³/mol. The van der Waals surface area contributed by atoms with Crippen LogP contribution in [0.4, 0.5) is 0 Å². The second kappa shape index (κ2) is 7.93. The second-order valence-electron chi connectivity index (χ2n) is 6.68. The number of carbonyl (C=O) groups excluding carboxylic acids is 1. The Morgan fingerprint density at radius 1 is 1.22 bits per heavy atom. The van der Waals surface area contributed by atoms with Gasteiger partial charge in [0.1, 0.15) is 6.61 Å². The molecule has 1 saturated heterocycles. The van der Waals surface area contributed by atoms with Crippen LogP contribution in [0.15, 0.2) is 18.2 Å². The lowest BCUT2D eigenvalue weighted by atomic mass is 9.87. The van der Waals surface area contributed by atoms with E-state index < -0.39 is 0 Å². The minimum Gasteiger partial charge on any atom is -0.393 e. The highest BCUT2D eigenvalue weighted by molar-refractivity contribution is 5.77. The Balaban J connectivity index is 1.42. The maximum absolute atomic E-state index is 12.1. The average Bonchev–Trinajstić information content (AvgIpc) is 2.59. The highest BCUT2D eigenvalue weighted by Crippen LogP contribution is 2.24. The van der Waals surface area contributed by atoms with Gasteiger partial charge in [-0.05, 0) is 61.6 Å². The third kappa shape index (κ3) is 4.33. The van der Waals surface area contributed by atoms with Crippen molar-refractivity contribution in [2.24, 2.45) is 0 Å². The molecule has 1 heterocycles. The molecule has 1 amide bonds. The zero-order valence-corrected chi connectivity index (χ0v) is 13.8. The first-order valence-electron chi connectivity index (χ1n) is 8.87. The Labute approximate surface area is 138 Å². The van der Waals surface area contributed by atoms with Crippen molar-refractivity contribution in [3.63, 3.8) is 0 Å². The summed E-state index contributed by atoms with van der Waals surface area (Å²) in [4.78, 5) is 13.9. The van der Waals surface area contributed by atoms with Crippen molar-refractivity contribution in [1.29, 1.82) is 0 Å². The number of piperidine rings is 1. The van der Waals surface area contributed by atoms with Crippen LogP contribution in [0.3, 0.4) is 0 Å². The summed E-state index contributed by atoms with van der Waals surface area (Å²) >= 11 is 0. The summed E-state index contributed by atoms with van der Waals surface area (Å²) in [7, 11) is 0. The molecular formula is C19H27NO3. The molecule has 0 unspecified atom stereocenters. The summed E-state index contributed by atoms with van der Waals surface area (Å²) < 4.78 is 5.62. The zero-order chi connectivity index (χ0) is 16.1. The van der Waals surface area contributed by atoms with Gasteiger partial charge in [-0.2, -0.15) is 0 Å². The number of fused-ring (bicyclic) bond motifs is 1. The number of nitrogens with zero attached hydrogens (tertiary/aromatic N) is 1. The van der Waals surface area contributed by atoms with Crippen molar-refractivity contribution in [2.75, 3.05) is 26.3 Å². The number of hydrogen-bond donors (Lipinski definition) is 1. The number of likely N-dealkylation sites (tertiary alicyclic amines) is 1. The molecule has 1 fully saturated rings. The molecule has 0 atom stereocenters. The molecule has 0 spiro atoms. The Morgan fingerprint density at radius 3 is 2.83 bits per heavy atom. The fourth-order valence-corrected chi connectivity index (χ4v) is 3.64. The average molecular weight is 317 g/mol. The summed E-state index contributed by atoms with van der Waals surface area (Å²) in [6.07, 6.45) is 6.96. The van der Waals surface area contributed by atoms with E-state index in [-0.39, 0.29) is 18.6 Å². The predicted octanol–water partition coefficient (Wildman–Crippen LogP) is 2.11. The highest BCUT2D eigenvalue weighted by Gasteiger charge is 2.21. The lowest BCUT2D eigenvalue weighted by molar-refractivity contribution is -0.138. The van der Waals surface area contributed by atoms with Crippen LogP contribution in [0.25, 0.3) is 0 Å². The fourth-order valence-electron chi connectivity index (χ4n) is 3.64. The number of rotatable bonds is 5. The van der Waals surface area contributed by atoms with E-state index in [1.807, 2.05) is 0 Å². The molecule has 4 heteroatoms. The van der Waals surface area contributed by atoms with Crippen LogP contribution in [0.1, 0.15) is 42.4 Å². The Kier molecular flexibility index (Phi) is 5.68. The molecular weight excluding hydrogens is 290 g/mol. The first kappa shape index (κ1) is 16.5. The number of aliphatic hydroxyl groups is 1. The highest BCUT2D eigenvalue weighted by atomic mass is 16.5. The molecule has 1 aliphatic heterocycles. The van der Waals surface area contributed by atoms with Crippen LogP contribution in [0, 0.1) is 0 Å². The lowest BCUT2D eigenvalue weighted by Gasteiger charge is -2.29. The molecule has 1 aliphatic carbocycles. The largest absolute Gasteiger partial charge is 0.393 e. The Hall–Kier alpha value is -1.39. The molecule has 3 rings (SSSR count). The fraction of sp³-hybridized carbons (Fsp3) is 0.632. The number of amides is 1. The summed E-state index contributed by atoms with van der Waals surface area (Å²) in [5.74, 6) is 0.0481. The molecule has 2 aliphatic rings. The first-order valence-corrected chi connectivity index (χ1v) is 8.87. The molecule has 1 aromatic rings. The number of ether oxygens (including phenoxy) is 1. The standard InChI is InChI=1S/C19H27NO3/c21-17-8-11-20(12-9-17)19(22)14-23-13-10-16-6-3-5-15-4-1-2-7-18(15)16/h3,5-6,17,21H,1-2,4,7-14H2. The third-order valence-corrected chi connectivity index (χ3v) is 5.05. The van der Waals surface area contributed by atoms with Crippen LogP contribution in [-0.2, 0) is 28.8 Å². The molecule has 0 bridgehead atoms. The monoisotopic (exact) mass is 317 g/mol. The van der Waals surface area contributed by atoms with Crippen molar-refractivity contribution >= 4 is 5.91 Å². The molecule has 23 heavy (non-hydrogen) atoms. The minimum atomic E-state index is -0.246. The van der Waals surface area contributed by atoms with Crippen LogP contribution >= 0.6 is 0 Å². The first-order chi connectivity index (χ1) is 11.2. The second-order valence-corrected chi connectivity index (χ2v) is 6.68. The number of hydrogen-bond acceptors (Lipinski definition) is 3. The maximum Gasteiger partial charge on any atom is 0.248 e. The van der Waals surface area contributed by atoms with Gasteiger partial charge in [-0.1, -0.05) is 18.2 Å². The van der Waals surface area contributed by atoms with Gasteiger partial charge < -0.3 is 14.7 Å². The molecule has 4 nitrogen and oxygen atoms in total. The van der Waals surface area contributed by atoms with Gasteiger partial charge in [-0.25, -0.2) is 0 Å². The van der Waals surface area contributed by atoms with Crippen molar-refractivity contribution in [3.8, 4) is 0 Å². The molecule has 0 radical (unpaired) electrons. The van der Waals surface area contributed by atoms with E-state index in [1.165, 1.54) is 42.4 Å². The van der Waals surface area contributed by atoms with Crippen LogP contribution in [-0.4, -0.2) is 48.3 Å². The molecule has 0 saturated carbocycles. The molecule has 1 aromatic carbocycles. The smallest absolute Gasteiger partial charge is 0.248 e.